The van der Waals surface area contributed by atoms with Gasteiger partial charge in [0, 0.05) is 17.4 Å². The lowest BCUT2D eigenvalue weighted by molar-refractivity contribution is 0.415. The Balaban J connectivity index is 2.15. The average molecular weight is 429 g/mol. The van der Waals surface area contributed by atoms with Crippen molar-refractivity contribution in [3.8, 4) is 27.3 Å². The molecule has 2 aromatic carbocycles. The van der Waals surface area contributed by atoms with Gasteiger partial charge in [0.05, 0.1) is 21.9 Å². The summed E-state index contributed by atoms with van der Waals surface area (Å²) in [5.74, 6) is 0.769. The molecule has 0 aliphatic carbocycles. The fourth-order valence-corrected chi connectivity index (χ4v) is 6.33. The SMILES string of the molecule is COc1ccc(-c2c(-c3ccc(S(C)(=O)=O)cc3Cl)ssc2=S)cc1. The number of benzene rings is 2. The molecule has 0 unspecified atom stereocenters. The van der Waals surface area contributed by atoms with E-state index in [1.165, 1.54) is 26.7 Å². The van der Waals surface area contributed by atoms with E-state index in [1.54, 1.807) is 19.2 Å². The van der Waals surface area contributed by atoms with Gasteiger partial charge in [0.1, 0.15) is 9.57 Å². The molecule has 3 aromatic rings. The molecule has 8 heteroatoms. The van der Waals surface area contributed by atoms with Crippen LogP contribution in [0.4, 0.5) is 0 Å². The summed E-state index contributed by atoms with van der Waals surface area (Å²) in [5.41, 5.74) is 2.68. The maximum atomic E-state index is 11.7. The predicted octanol–water partition coefficient (Wildman–Crippen LogP) is 5.94. The summed E-state index contributed by atoms with van der Waals surface area (Å²) in [5, 5.41) is 0.390. The van der Waals surface area contributed by atoms with Crippen LogP contribution in [0.2, 0.25) is 5.02 Å². The van der Waals surface area contributed by atoms with Gasteiger partial charge in [-0.05, 0) is 29.8 Å². The molecule has 0 saturated carbocycles. The van der Waals surface area contributed by atoms with Gasteiger partial charge in [0.2, 0.25) is 0 Å². The third-order valence-electron chi connectivity index (χ3n) is 3.62. The highest BCUT2D eigenvalue weighted by Gasteiger charge is 2.17. The van der Waals surface area contributed by atoms with E-state index in [4.69, 9.17) is 28.6 Å². The lowest BCUT2D eigenvalue weighted by atomic mass is 10.0. The van der Waals surface area contributed by atoms with Gasteiger partial charge in [-0.3, -0.25) is 0 Å². The minimum absolute atomic E-state index is 0.200. The molecule has 0 radical (unpaired) electrons. The fourth-order valence-electron chi connectivity index (χ4n) is 2.35. The van der Waals surface area contributed by atoms with Crippen LogP contribution in [0.3, 0.4) is 0 Å². The molecule has 0 aliphatic heterocycles. The lowest BCUT2D eigenvalue weighted by Gasteiger charge is -2.08. The molecule has 3 nitrogen and oxygen atoms in total. The first-order valence-corrected chi connectivity index (χ1v) is 11.9. The Bertz CT molecular complexity index is 1080. The molecule has 0 saturated heterocycles. The predicted molar refractivity (Wildman–Crippen MR) is 109 cm³/mol. The molecule has 0 atom stereocenters. The van der Waals surface area contributed by atoms with Crippen LogP contribution in [0.15, 0.2) is 47.4 Å². The summed E-state index contributed by atoms with van der Waals surface area (Å²) in [4.78, 5) is 1.14. The average Bonchev–Trinajstić information content (AvgIpc) is 2.95. The zero-order valence-electron chi connectivity index (χ0n) is 13.3. The number of hydrogen-bond acceptors (Lipinski definition) is 6. The Morgan fingerprint density at radius 2 is 1.76 bits per heavy atom. The molecule has 1 aromatic heterocycles. The minimum Gasteiger partial charge on any atom is -0.497 e. The summed E-state index contributed by atoms with van der Waals surface area (Å²) < 4.78 is 29.4. The Morgan fingerprint density at radius 1 is 1.08 bits per heavy atom. The fraction of sp³-hybridized carbons (Fsp3) is 0.118. The van der Waals surface area contributed by atoms with E-state index in [-0.39, 0.29) is 4.90 Å². The molecule has 130 valence electrons. The van der Waals surface area contributed by atoms with Crippen LogP contribution in [-0.2, 0) is 9.84 Å². The third-order valence-corrected chi connectivity index (χ3v) is 8.10. The van der Waals surface area contributed by atoms with Crippen LogP contribution in [0.1, 0.15) is 0 Å². The van der Waals surface area contributed by atoms with Gasteiger partial charge in [-0.2, -0.15) is 0 Å². The number of hydrogen-bond donors (Lipinski definition) is 0. The summed E-state index contributed by atoms with van der Waals surface area (Å²) in [6.45, 7) is 0. The first-order valence-electron chi connectivity index (χ1n) is 7.09. The van der Waals surface area contributed by atoms with Crippen LogP contribution >= 0.6 is 44.5 Å². The molecule has 25 heavy (non-hydrogen) atoms. The first-order chi connectivity index (χ1) is 11.8. The summed E-state index contributed by atoms with van der Waals surface area (Å²) in [6, 6.07) is 12.4. The molecule has 0 amide bonds. The van der Waals surface area contributed by atoms with E-state index < -0.39 is 9.84 Å². The highest BCUT2D eigenvalue weighted by Crippen LogP contribution is 2.44. The van der Waals surface area contributed by atoms with E-state index >= 15 is 0 Å². The van der Waals surface area contributed by atoms with E-state index in [2.05, 4.69) is 0 Å². The molecular formula is C17H13ClO3S4. The largest absolute Gasteiger partial charge is 0.497 e. The number of halogens is 1. The van der Waals surface area contributed by atoms with E-state index in [0.717, 1.165) is 37.4 Å². The smallest absolute Gasteiger partial charge is 0.175 e. The van der Waals surface area contributed by atoms with E-state index in [0.29, 0.717) is 5.02 Å². The van der Waals surface area contributed by atoms with Crippen LogP contribution in [0, 0.1) is 3.82 Å². The Hall–Kier alpha value is -1.25. The highest BCUT2D eigenvalue weighted by molar-refractivity contribution is 7.90. The van der Waals surface area contributed by atoms with Crippen LogP contribution in [-0.4, -0.2) is 21.8 Å². The monoisotopic (exact) mass is 428 g/mol. The summed E-state index contributed by atoms with van der Waals surface area (Å²) >= 11 is 11.9. The van der Waals surface area contributed by atoms with Gasteiger partial charge in [-0.1, -0.05) is 62.7 Å². The molecule has 0 fully saturated rings. The molecular weight excluding hydrogens is 416 g/mol. The van der Waals surface area contributed by atoms with Crippen molar-refractivity contribution >= 4 is 54.3 Å². The first kappa shape index (κ1) is 18.5. The number of rotatable bonds is 4. The molecule has 0 bridgehead atoms. The zero-order chi connectivity index (χ0) is 18.2. The van der Waals surface area contributed by atoms with Crippen LogP contribution in [0.25, 0.3) is 21.6 Å². The number of sulfone groups is 1. The van der Waals surface area contributed by atoms with Gasteiger partial charge in [-0.25, -0.2) is 8.42 Å². The summed E-state index contributed by atoms with van der Waals surface area (Å²) in [7, 11) is 1.35. The van der Waals surface area contributed by atoms with Crippen molar-refractivity contribution < 1.29 is 13.2 Å². The molecule has 0 spiro atoms. The zero-order valence-corrected chi connectivity index (χ0v) is 17.3. The topological polar surface area (TPSA) is 43.4 Å². The second-order valence-corrected chi connectivity index (χ2v) is 10.5. The van der Waals surface area contributed by atoms with E-state index in [9.17, 15) is 8.42 Å². The van der Waals surface area contributed by atoms with Crippen LogP contribution in [0.5, 0.6) is 5.75 Å². The quantitative estimate of drug-likeness (QED) is 0.381. The third kappa shape index (κ3) is 3.80. The van der Waals surface area contributed by atoms with Crippen molar-refractivity contribution in [2.75, 3.05) is 13.4 Å². The van der Waals surface area contributed by atoms with Gasteiger partial charge in [0.25, 0.3) is 0 Å². The van der Waals surface area contributed by atoms with Crippen molar-refractivity contribution in [2.45, 2.75) is 4.90 Å². The van der Waals surface area contributed by atoms with Gasteiger partial charge in [0.15, 0.2) is 9.84 Å². The second kappa shape index (κ2) is 7.17. The normalized spacial score (nSPS) is 11.5. The van der Waals surface area contributed by atoms with Crippen molar-refractivity contribution in [1.82, 2.24) is 0 Å². The molecule has 0 aliphatic rings. The standard InChI is InChI=1S/C17H13ClO3S4/c1-21-11-5-3-10(4-6-11)15-16(23-24-17(15)22)13-8-7-12(9-14(13)18)25(2,19)20/h3-9H,1-2H3. The summed E-state index contributed by atoms with van der Waals surface area (Å²) in [6.07, 6.45) is 1.16. The molecule has 0 N–H and O–H groups in total. The Labute approximate surface area is 163 Å². The van der Waals surface area contributed by atoms with Gasteiger partial charge < -0.3 is 4.74 Å². The highest BCUT2D eigenvalue weighted by atomic mass is 35.5. The molecule has 1 heterocycles. The van der Waals surface area contributed by atoms with Crippen molar-refractivity contribution in [3.05, 3.63) is 51.3 Å². The van der Waals surface area contributed by atoms with E-state index in [1.807, 2.05) is 24.3 Å². The van der Waals surface area contributed by atoms with Gasteiger partial charge in [-0.15, -0.1) is 0 Å². The Kier molecular flexibility index (Phi) is 5.31. The Morgan fingerprint density at radius 3 is 2.32 bits per heavy atom. The second-order valence-electron chi connectivity index (χ2n) is 5.30. The maximum absolute atomic E-state index is 11.7. The lowest BCUT2D eigenvalue weighted by Crippen LogP contribution is -1.96. The maximum Gasteiger partial charge on any atom is 0.175 e. The molecule has 3 rings (SSSR count). The minimum atomic E-state index is -3.30. The van der Waals surface area contributed by atoms with Crippen LogP contribution < -0.4 is 4.74 Å². The van der Waals surface area contributed by atoms with Crippen molar-refractivity contribution in [1.29, 1.82) is 0 Å². The van der Waals surface area contributed by atoms with Gasteiger partial charge >= 0.3 is 0 Å². The van der Waals surface area contributed by atoms with Crippen molar-refractivity contribution in [3.63, 3.8) is 0 Å². The van der Waals surface area contributed by atoms with Crippen molar-refractivity contribution in [2.24, 2.45) is 0 Å². The number of methoxy groups -OCH3 is 1. The number of ether oxygens (including phenoxy) is 1.